The Hall–Kier alpha value is -3.20. The lowest BCUT2D eigenvalue weighted by Crippen LogP contribution is -1.93. The molecule has 4 rings (SSSR count). The zero-order valence-corrected chi connectivity index (χ0v) is 12.2. The molecule has 0 aromatic heterocycles. The van der Waals surface area contributed by atoms with E-state index < -0.39 is 0 Å². The first-order chi connectivity index (χ1) is 11.2. The number of rotatable bonds is 2. The molecule has 0 heterocycles. The molecule has 109 valence electrons. The van der Waals surface area contributed by atoms with E-state index >= 15 is 0 Å². The first-order valence-corrected chi connectivity index (χ1v) is 7.31. The van der Waals surface area contributed by atoms with Crippen LogP contribution in [0.4, 0.5) is 5.69 Å². The number of benzene rings is 4. The minimum Gasteiger partial charge on any atom is -0.258 e. The van der Waals surface area contributed by atoms with Crippen LogP contribution in [-0.2, 0) is 0 Å². The summed E-state index contributed by atoms with van der Waals surface area (Å²) >= 11 is 0. The smallest absolute Gasteiger partial charge is 0.258 e. The van der Waals surface area contributed by atoms with E-state index in [0.29, 0.717) is 5.56 Å². The van der Waals surface area contributed by atoms with E-state index in [0.717, 1.165) is 27.1 Å². The lowest BCUT2D eigenvalue weighted by molar-refractivity contribution is -0.384. The maximum absolute atomic E-state index is 11.5. The second-order valence-corrected chi connectivity index (χ2v) is 5.40. The summed E-state index contributed by atoms with van der Waals surface area (Å²) in [5.41, 5.74) is 1.47. The van der Waals surface area contributed by atoms with Crippen LogP contribution < -0.4 is 0 Å². The monoisotopic (exact) mass is 298 g/mol. The van der Waals surface area contributed by atoms with Gasteiger partial charge in [0.1, 0.15) is 0 Å². The molecule has 0 amide bonds. The molecule has 0 saturated heterocycles. The van der Waals surface area contributed by atoms with Crippen LogP contribution in [0.5, 0.6) is 0 Å². The fraction of sp³-hybridized carbons (Fsp3) is 0. The zero-order chi connectivity index (χ0) is 15.8. The van der Waals surface area contributed by atoms with Crippen LogP contribution in [-0.4, -0.2) is 4.92 Å². The van der Waals surface area contributed by atoms with Crippen LogP contribution in [0.1, 0.15) is 0 Å². The fourth-order valence-electron chi connectivity index (χ4n) is 2.96. The lowest BCUT2D eigenvalue weighted by atomic mass is 9.95. The highest BCUT2D eigenvalue weighted by atomic mass is 16.6. The zero-order valence-electron chi connectivity index (χ0n) is 12.2. The molecule has 0 N–H and O–H groups in total. The molecule has 4 aromatic rings. The van der Waals surface area contributed by atoms with Crippen molar-refractivity contribution < 1.29 is 4.92 Å². The third-order valence-electron chi connectivity index (χ3n) is 4.03. The Morgan fingerprint density at radius 2 is 1.48 bits per heavy atom. The van der Waals surface area contributed by atoms with Crippen molar-refractivity contribution in [3.63, 3.8) is 0 Å². The molecular weight excluding hydrogens is 286 g/mol. The predicted octanol–water partition coefficient (Wildman–Crippen LogP) is 5.37. The van der Waals surface area contributed by atoms with Crippen molar-refractivity contribution in [1.82, 2.24) is 0 Å². The molecule has 4 aromatic carbocycles. The molecule has 0 aliphatic carbocycles. The van der Waals surface area contributed by atoms with Crippen molar-refractivity contribution in [3.8, 4) is 11.1 Å². The Balaban J connectivity index is 2.09. The van der Waals surface area contributed by atoms with Gasteiger partial charge >= 0.3 is 0 Å². The van der Waals surface area contributed by atoms with Gasteiger partial charge in [-0.3, -0.25) is 10.1 Å². The van der Waals surface area contributed by atoms with Crippen molar-refractivity contribution in [2.75, 3.05) is 0 Å². The van der Waals surface area contributed by atoms with Gasteiger partial charge in [-0.15, -0.1) is 0 Å². The van der Waals surface area contributed by atoms with Crippen LogP contribution in [0.25, 0.3) is 32.7 Å². The van der Waals surface area contributed by atoms with E-state index in [2.05, 4.69) is 6.07 Å². The van der Waals surface area contributed by atoms with Crippen molar-refractivity contribution >= 4 is 27.2 Å². The summed E-state index contributed by atoms with van der Waals surface area (Å²) in [6.07, 6.45) is 0. The number of hydrogen-bond donors (Lipinski definition) is 0. The maximum atomic E-state index is 11.5. The fourth-order valence-corrected chi connectivity index (χ4v) is 2.96. The topological polar surface area (TPSA) is 43.1 Å². The average molecular weight is 298 g/mol. The Bertz CT molecular complexity index is 1050. The first-order valence-electron chi connectivity index (χ1n) is 7.31. The highest BCUT2D eigenvalue weighted by Crippen LogP contribution is 2.37. The van der Waals surface area contributed by atoms with E-state index in [1.54, 1.807) is 12.1 Å². The number of nitro groups is 1. The van der Waals surface area contributed by atoms with Crippen molar-refractivity contribution in [1.29, 1.82) is 0 Å². The van der Waals surface area contributed by atoms with Crippen molar-refractivity contribution in [3.05, 3.63) is 89.0 Å². The lowest BCUT2D eigenvalue weighted by Gasteiger charge is -2.09. The van der Waals surface area contributed by atoms with Gasteiger partial charge in [0, 0.05) is 6.07 Å². The van der Waals surface area contributed by atoms with Crippen LogP contribution in [0, 0.1) is 16.2 Å². The van der Waals surface area contributed by atoms with Crippen molar-refractivity contribution in [2.45, 2.75) is 0 Å². The molecule has 0 aliphatic rings. The number of hydrogen-bond acceptors (Lipinski definition) is 2. The van der Waals surface area contributed by atoms with Crippen LogP contribution >= 0.6 is 0 Å². The van der Waals surface area contributed by atoms with E-state index in [-0.39, 0.29) is 10.6 Å². The largest absolute Gasteiger partial charge is 0.277 e. The molecule has 0 spiro atoms. The summed E-state index contributed by atoms with van der Waals surface area (Å²) in [6.45, 7) is 0. The van der Waals surface area contributed by atoms with E-state index in [1.165, 1.54) is 0 Å². The van der Waals surface area contributed by atoms with Gasteiger partial charge in [-0.2, -0.15) is 0 Å². The number of nitrogens with zero attached hydrogens (tertiary/aromatic N) is 1. The third kappa shape index (κ3) is 2.23. The highest BCUT2D eigenvalue weighted by molar-refractivity contribution is 6.02. The van der Waals surface area contributed by atoms with E-state index in [9.17, 15) is 10.1 Å². The second kappa shape index (κ2) is 5.21. The van der Waals surface area contributed by atoms with Gasteiger partial charge < -0.3 is 0 Å². The first kappa shape index (κ1) is 13.5. The van der Waals surface area contributed by atoms with Gasteiger partial charge in [0.15, 0.2) is 0 Å². The van der Waals surface area contributed by atoms with Crippen molar-refractivity contribution in [2.24, 2.45) is 0 Å². The summed E-state index contributed by atoms with van der Waals surface area (Å²) in [4.78, 5) is 11.2. The minimum absolute atomic E-state index is 0.107. The van der Waals surface area contributed by atoms with Gasteiger partial charge in [0.05, 0.1) is 10.5 Å². The summed E-state index contributed by atoms with van der Waals surface area (Å²) in [5.74, 6) is 0. The Kier molecular flexibility index (Phi) is 3.05. The van der Waals surface area contributed by atoms with Gasteiger partial charge in [-0.25, -0.2) is 0 Å². The molecule has 0 unspecified atom stereocenters. The summed E-state index contributed by atoms with van der Waals surface area (Å²) in [6, 6.07) is 26.2. The molecule has 3 nitrogen and oxygen atoms in total. The quantitative estimate of drug-likeness (QED) is 0.369. The second-order valence-electron chi connectivity index (χ2n) is 5.40. The van der Waals surface area contributed by atoms with Crippen LogP contribution in [0.3, 0.4) is 0 Å². The summed E-state index contributed by atoms with van der Waals surface area (Å²) in [5, 5.41) is 15.4. The normalized spacial score (nSPS) is 11.0. The number of nitro benzene ring substituents is 1. The van der Waals surface area contributed by atoms with E-state index in [1.807, 2.05) is 60.7 Å². The Morgan fingerprint density at radius 3 is 2.30 bits per heavy atom. The molecule has 1 radical (unpaired) electrons. The van der Waals surface area contributed by atoms with E-state index in [4.69, 9.17) is 0 Å². The predicted molar refractivity (Wildman–Crippen MR) is 92.4 cm³/mol. The Morgan fingerprint density at radius 1 is 0.783 bits per heavy atom. The Labute approximate surface area is 133 Å². The maximum Gasteiger partial charge on any atom is 0.277 e. The summed E-state index contributed by atoms with van der Waals surface area (Å²) in [7, 11) is 0. The summed E-state index contributed by atoms with van der Waals surface area (Å²) < 4.78 is 0. The molecule has 0 aliphatic heterocycles. The molecule has 0 saturated carbocycles. The molecule has 23 heavy (non-hydrogen) atoms. The van der Waals surface area contributed by atoms with Gasteiger partial charge in [0.25, 0.3) is 5.69 Å². The third-order valence-corrected chi connectivity index (χ3v) is 4.03. The van der Waals surface area contributed by atoms with Gasteiger partial charge in [-0.05, 0) is 39.2 Å². The van der Waals surface area contributed by atoms with Crippen LogP contribution in [0.2, 0.25) is 0 Å². The number of fused-ring (bicyclic) bond motifs is 2. The molecular formula is C20H12NO2. The average Bonchev–Trinajstić information content (AvgIpc) is 2.60. The van der Waals surface area contributed by atoms with Gasteiger partial charge in [0.2, 0.25) is 0 Å². The van der Waals surface area contributed by atoms with Crippen LogP contribution in [0.15, 0.2) is 72.8 Å². The molecule has 0 fully saturated rings. The minimum atomic E-state index is -0.329. The molecule has 0 atom stereocenters. The standard InChI is InChI=1S/C20H12NO2/c22-21(23)19-12-11-15-6-3-4-8-18(15)20(19)17-10-9-14-5-1-2-7-16(14)13-17/h1-12H. The molecule has 0 bridgehead atoms. The molecule has 3 heteroatoms. The highest BCUT2D eigenvalue weighted by Gasteiger charge is 2.18. The van der Waals surface area contributed by atoms with Gasteiger partial charge in [-0.1, -0.05) is 60.7 Å². The SMILES string of the molecule is O=[N+]([O-])c1ccc2ccccc2c1-c1[c]c2ccccc2cc1.